The van der Waals surface area contributed by atoms with Crippen LogP contribution in [0, 0.1) is 0 Å². The molecule has 0 saturated heterocycles. The fourth-order valence-corrected chi connectivity index (χ4v) is 15.3. The van der Waals surface area contributed by atoms with Crippen LogP contribution < -0.4 is 0 Å². The molecule has 94 heavy (non-hydrogen) atoms. The lowest BCUT2D eigenvalue weighted by Gasteiger charge is -2.18. The Hall–Kier alpha value is -12.4. The first-order chi connectivity index (χ1) is 46.6. The van der Waals surface area contributed by atoms with Crippen LogP contribution >= 0.6 is 0 Å². The second kappa shape index (κ2) is 21.7. The number of furan rings is 2. The monoisotopic (exact) mass is 1190 g/mol. The van der Waals surface area contributed by atoms with Crippen LogP contribution in [0.1, 0.15) is 0 Å². The highest BCUT2D eigenvalue weighted by molar-refractivity contribution is 6.27. The fourth-order valence-electron chi connectivity index (χ4n) is 15.3. The second-order valence-electron chi connectivity index (χ2n) is 24.8. The highest BCUT2D eigenvalue weighted by atomic mass is 16.3. The smallest absolute Gasteiger partial charge is 0.143 e. The Bertz CT molecular complexity index is 6110. The number of rotatable bonds is 9. The molecule has 0 aliphatic rings. The van der Waals surface area contributed by atoms with Crippen molar-refractivity contribution in [1.82, 2.24) is 0 Å². The van der Waals surface area contributed by atoms with Gasteiger partial charge < -0.3 is 8.83 Å². The van der Waals surface area contributed by atoms with E-state index >= 15 is 0 Å². The van der Waals surface area contributed by atoms with E-state index in [9.17, 15) is 0 Å². The maximum Gasteiger partial charge on any atom is 0.143 e. The van der Waals surface area contributed by atoms with E-state index in [2.05, 4.69) is 334 Å². The molecule has 0 radical (unpaired) electrons. The minimum Gasteiger partial charge on any atom is -0.455 e. The van der Waals surface area contributed by atoms with Crippen LogP contribution in [-0.2, 0) is 0 Å². The summed E-state index contributed by atoms with van der Waals surface area (Å²) in [6.07, 6.45) is 0. The summed E-state index contributed by atoms with van der Waals surface area (Å²) in [6.45, 7) is 0. The molecule has 17 aromatic carbocycles. The van der Waals surface area contributed by atoms with Gasteiger partial charge in [-0.2, -0.15) is 0 Å². The molecule has 0 atom stereocenters. The van der Waals surface area contributed by atoms with Gasteiger partial charge in [-0.15, -0.1) is 0 Å². The zero-order valence-corrected chi connectivity index (χ0v) is 51.1. The van der Waals surface area contributed by atoms with Gasteiger partial charge in [0.25, 0.3) is 0 Å². The molecular formula is C92H56O2. The number of fused-ring (bicyclic) bond motifs is 11. The van der Waals surface area contributed by atoms with Crippen LogP contribution in [0.2, 0.25) is 0 Å². The molecule has 0 fully saturated rings. The van der Waals surface area contributed by atoms with Gasteiger partial charge in [0.1, 0.15) is 22.3 Å². The normalized spacial score (nSPS) is 11.8. The first kappa shape index (κ1) is 53.5. The van der Waals surface area contributed by atoms with E-state index in [0.29, 0.717) is 0 Å². The SMILES string of the molecule is c1ccc2c(-c3ccc(-c4c5ccccc5c(-c5ccc(-c6ccc(-c7ccc(-c8ccc(-c9ccc(-c%10c%11ccccc%11c(-c%11cccc%12c%11oc%11ccccc%11%12)c%11ccccc%10%11)cc9)cc8)cc7)cc6)c6c5oc5ccccc56)c5ccccc45)cc3)cccc2c1. The molecule has 0 aliphatic heterocycles. The van der Waals surface area contributed by atoms with Crippen molar-refractivity contribution in [2.45, 2.75) is 0 Å². The molecule has 19 aromatic rings. The van der Waals surface area contributed by atoms with Gasteiger partial charge in [0.2, 0.25) is 0 Å². The lowest BCUT2D eigenvalue weighted by Crippen LogP contribution is -1.92. The molecule has 0 saturated carbocycles. The average Bonchev–Trinajstić information content (AvgIpc) is 1.32. The third-order valence-corrected chi connectivity index (χ3v) is 19.7. The molecular weight excluding hydrogens is 1140 g/mol. The predicted molar refractivity (Wildman–Crippen MR) is 397 cm³/mol. The van der Waals surface area contributed by atoms with E-state index in [1.54, 1.807) is 0 Å². The van der Waals surface area contributed by atoms with Crippen LogP contribution in [0.5, 0.6) is 0 Å². The van der Waals surface area contributed by atoms with Gasteiger partial charge >= 0.3 is 0 Å². The highest BCUT2D eigenvalue weighted by Gasteiger charge is 2.24. The van der Waals surface area contributed by atoms with Gasteiger partial charge in [0.15, 0.2) is 0 Å². The summed E-state index contributed by atoms with van der Waals surface area (Å²) in [5.74, 6) is 0. The summed E-state index contributed by atoms with van der Waals surface area (Å²) >= 11 is 0. The van der Waals surface area contributed by atoms with Gasteiger partial charge in [-0.1, -0.05) is 322 Å². The van der Waals surface area contributed by atoms with Crippen LogP contribution in [-0.4, -0.2) is 0 Å². The summed E-state index contributed by atoms with van der Waals surface area (Å²) in [7, 11) is 0. The van der Waals surface area contributed by atoms with Gasteiger partial charge in [0.05, 0.1) is 0 Å². The molecule has 0 amide bonds. The maximum absolute atomic E-state index is 7.04. The van der Waals surface area contributed by atoms with Gasteiger partial charge in [0, 0.05) is 43.8 Å². The van der Waals surface area contributed by atoms with Crippen molar-refractivity contribution in [3.63, 3.8) is 0 Å². The number of hydrogen-bond donors (Lipinski definition) is 0. The summed E-state index contributed by atoms with van der Waals surface area (Å²) < 4.78 is 13.7. The molecule has 2 aromatic heterocycles. The minimum absolute atomic E-state index is 0.874. The topological polar surface area (TPSA) is 26.3 Å². The third kappa shape index (κ3) is 8.58. The quantitative estimate of drug-likeness (QED) is 0.135. The largest absolute Gasteiger partial charge is 0.455 e. The molecule has 0 bridgehead atoms. The number of benzene rings is 17. The summed E-state index contributed by atoms with van der Waals surface area (Å²) in [5.41, 5.74) is 24.8. The van der Waals surface area contributed by atoms with Crippen LogP contribution in [0.3, 0.4) is 0 Å². The van der Waals surface area contributed by atoms with Crippen molar-refractivity contribution < 1.29 is 8.83 Å². The molecule has 0 N–H and O–H groups in total. The lowest BCUT2D eigenvalue weighted by atomic mass is 9.84. The minimum atomic E-state index is 0.874. The van der Waals surface area contributed by atoms with E-state index in [-0.39, 0.29) is 0 Å². The Balaban J connectivity index is 0.610. The van der Waals surface area contributed by atoms with Gasteiger partial charge in [-0.3, -0.25) is 0 Å². The third-order valence-electron chi connectivity index (χ3n) is 19.7. The summed E-state index contributed by atoms with van der Waals surface area (Å²) in [4.78, 5) is 0. The van der Waals surface area contributed by atoms with Crippen molar-refractivity contribution in [3.8, 4) is 100 Å². The Kier molecular flexibility index (Phi) is 12.3. The Morgan fingerprint density at radius 3 is 0.904 bits per heavy atom. The van der Waals surface area contributed by atoms with E-state index in [4.69, 9.17) is 8.83 Å². The fraction of sp³-hybridized carbons (Fsp3) is 0. The first-order valence-electron chi connectivity index (χ1n) is 32.4. The molecule has 0 unspecified atom stereocenters. The van der Waals surface area contributed by atoms with Crippen molar-refractivity contribution in [3.05, 3.63) is 340 Å². The van der Waals surface area contributed by atoms with E-state index in [1.165, 1.54) is 126 Å². The number of para-hydroxylation sites is 3. The van der Waals surface area contributed by atoms with Crippen LogP contribution in [0.15, 0.2) is 349 Å². The van der Waals surface area contributed by atoms with Gasteiger partial charge in [-0.05, 0) is 150 Å². The highest BCUT2D eigenvalue weighted by Crippen LogP contribution is 2.51. The van der Waals surface area contributed by atoms with Crippen molar-refractivity contribution in [2.24, 2.45) is 0 Å². The standard InChI is InChI=1S/C92H56O2/c1-2-19-68-63(17-1)18-15-30-69(68)64-49-53-67(54-50-64)87-74-23-5-9-27-78(74)89(79-28-10-6-24-75(79)87)83-56-55-70(90-81-29-12-14-34-85(81)94-92(83)90)65-47-43-61(44-48-65)59-39-35-57(36-40-59)58-37-41-60(42-38-58)62-45-51-66(52-46-62)86-72-21-3-7-25-76(72)88(77-26-8-4-22-73(77)86)82-32-16-31-80-71-20-11-13-33-84(71)93-91(80)82/h1-56H. The van der Waals surface area contributed by atoms with E-state index in [1.807, 2.05) is 6.07 Å². The van der Waals surface area contributed by atoms with Gasteiger partial charge in [-0.25, -0.2) is 0 Å². The summed E-state index contributed by atoms with van der Waals surface area (Å²) in [6, 6.07) is 124. The average molecular weight is 1190 g/mol. The van der Waals surface area contributed by atoms with E-state index < -0.39 is 0 Å². The Morgan fingerprint density at radius 1 is 0.149 bits per heavy atom. The molecule has 0 spiro atoms. The molecule has 19 rings (SSSR count). The zero-order valence-electron chi connectivity index (χ0n) is 51.1. The number of hydrogen-bond acceptors (Lipinski definition) is 2. The van der Waals surface area contributed by atoms with Crippen LogP contribution in [0.25, 0.3) is 198 Å². The van der Waals surface area contributed by atoms with Crippen LogP contribution in [0.4, 0.5) is 0 Å². The van der Waals surface area contributed by atoms with Crippen molar-refractivity contribution in [1.29, 1.82) is 0 Å². The first-order valence-corrected chi connectivity index (χ1v) is 32.4. The molecule has 2 heterocycles. The predicted octanol–water partition coefficient (Wildman–Crippen LogP) is 26.3. The Labute approximate surface area is 543 Å². The maximum atomic E-state index is 7.04. The van der Waals surface area contributed by atoms with Crippen molar-refractivity contribution >= 4 is 97.7 Å². The molecule has 2 heteroatoms. The van der Waals surface area contributed by atoms with E-state index in [0.717, 1.165) is 71.7 Å². The Morgan fingerprint density at radius 2 is 0.436 bits per heavy atom. The zero-order chi connectivity index (χ0) is 61.8. The molecule has 0 aliphatic carbocycles. The second-order valence-corrected chi connectivity index (χ2v) is 24.8. The summed E-state index contributed by atoms with van der Waals surface area (Å²) in [5, 5.41) is 16.6. The van der Waals surface area contributed by atoms with Crippen molar-refractivity contribution in [2.75, 3.05) is 0 Å². The molecule has 436 valence electrons. The molecule has 2 nitrogen and oxygen atoms in total. The lowest BCUT2D eigenvalue weighted by molar-refractivity contribution is 0.670.